The van der Waals surface area contributed by atoms with E-state index >= 15 is 0 Å². The molecule has 0 saturated carbocycles. The fourth-order valence-corrected chi connectivity index (χ4v) is 3.60. The van der Waals surface area contributed by atoms with Gasteiger partial charge in [0.05, 0.1) is 6.04 Å². The summed E-state index contributed by atoms with van der Waals surface area (Å²) in [5.41, 5.74) is 2.59. The van der Waals surface area contributed by atoms with Gasteiger partial charge in [0.1, 0.15) is 5.82 Å². The normalized spacial score (nSPS) is 17.1. The van der Waals surface area contributed by atoms with Crippen LogP contribution in [0.5, 0.6) is 0 Å². The van der Waals surface area contributed by atoms with Crippen LogP contribution in [0, 0.1) is 0 Å². The number of hydrogen-bond donors (Lipinski definition) is 1. The predicted molar refractivity (Wildman–Crippen MR) is 106 cm³/mol. The summed E-state index contributed by atoms with van der Waals surface area (Å²) in [5, 5.41) is 3.35. The molecule has 0 bridgehead atoms. The van der Waals surface area contributed by atoms with E-state index in [0.29, 0.717) is 12.0 Å². The van der Waals surface area contributed by atoms with Gasteiger partial charge >= 0.3 is 0 Å². The second-order valence-electron chi connectivity index (χ2n) is 6.69. The van der Waals surface area contributed by atoms with Crippen LogP contribution in [0.4, 0.5) is 11.8 Å². The molecule has 0 radical (unpaired) electrons. The van der Waals surface area contributed by atoms with E-state index in [9.17, 15) is 0 Å². The van der Waals surface area contributed by atoms with E-state index in [1.165, 1.54) is 30.4 Å². The van der Waals surface area contributed by atoms with Crippen molar-refractivity contribution in [1.29, 1.82) is 0 Å². The Labute approximate surface area is 154 Å². The highest BCUT2D eigenvalue weighted by atomic mass is 15.2. The highest BCUT2D eigenvalue weighted by molar-refractivity contribution is 5.46. The minimum absolute atomic E-state index is 0.391. The smallest absolute Gasteiger partial charge is 0.224 e. The molecule has 1 atom stereocenters. The van der Waals surface area contributed by atoms with Crippen LogP contribution in [0.25, 0.3) is 0 Å². The van der Waals surface area contributed by atoms with Crippen molar-refractivity contribution in [2.45, 2.75) is 31.8 Å². The largest absolute Gasteiger partial charge is 0.350 e. The molecule has 1 unspecified atom stereocenters. The summed E-state index contributed by atoms with van der Waals surface area (Å²) in [5.74, 6) is 1.69. The molecule has 3 aromatic rings. The Morgan fingerprint density at radius 1 is 0.923 bits per heavy atom. The first kappa shape index (κ1) is 16.6. The van der Waals surface area contributed by atoms with Crippen molar-refractivity contribution in [1.82, 2.24) is 9.97 Å². The van der Waals surface area contributed by atoms with Crippen LogP contribution < -0.4 is 10.2 Å². The van der Waals surface area contributed by atoms with E-state index < -0.39 is 0 Å². The van der Waals surface area contributed by atoms with E-state index in [1.807, 2.05) is 30.5 Å². The maximum absolute atomic E-state index is 4.79. The number of nitrogens with zero attached hydrogens (tertiary/aromatic N) is 3. The molecule has 1 N–H and O–H groups in total. The molecule has 0 amide bonds. The fraction of sp³-hybridized carbons (Fsp3) is 0.273. The Bertz CT molecular complexity index is 820. The third-order valence-electron chi connectivity index (χ3n) is 4.92. The quantitative estimate of drug-likeness (QED) is 0.720. The summed E-state index contributed by atoms with van der Waals surface area (Å²) in [7, 11) is 0. The monoisotopic (exact) mass is 344 g/mol. The minimum atomic E-state index is 0.391. The van der Waals surface area contributed by atoms with Crippen LogP contribution in [0.1, 0.15) is 36.4 Å². The molecule has 1 aliphatic rings. The third kappa shape index (κ3) is 3.85. The Kier molecular flexibility index (Phi) is 5.10. The first-order valence-electron chi connectivity index (χ1n) is 9.32. The van der Waals surface area contributed by atoms with Crippen LogP contribution in [0.15, 0.2) is 72.9 Å². The first-order chi connectivity index (χ1) is 12.9. The highest BCUT2D eigenvalue weighted by Crippen LogP contribution is 2.34. The van der Waals surface area contributed by atoms with Gasteiger partial charge in [-0.3, -0.25) is 0 Å². The summed E-state index contributed by atoms with van der Waals surface area (Å²) < 4.78 is 0. The van der Waals surface area contributed by atoms with Crippen LogP contribution >= 0.6 is 0 Å². The topological polar surface area (TPSA) is 41.1 Å². The summed E-state index contributed by atoms with van der Waals surface area (Å²) in [6, 6.07) is 23.5. The third-order valence-corrected chi connectivity index (χ3v) is 4.92. The van der Waals surface area contributed by atoms with Gasteiger partial charge < -0.3 is 10.2 Å². The molecule has 2 aromatic carbocycles. The zero-order valence-corrected chi connectivity index (χ0v) is 14.9. The van der Waals surface area contributed by atoms with Gasteiger partial charge in [-0.25, -0.2) is 4.98 Å². The van der Waals surface area contributed by atoms with E-state index in [2.05, 4.69) is 57.7 Å². The molecule has 1 aliphatic heterocycles. The molecule has 26 heavy (non-hydrogen) atoms. The average Bonchev–Trinajstić information content (AvgIpc) is 2.74. The van der Waals surface area contributed by atoms with Crippen molar-refractivity contribution < 1.29 is 0 Å². The molecular weight excluding hydrogens is 320 g/mol. The number of piperidine rings is 1. The molecule has 0 spiro atoms. The molecule has 1 aromatic heterocycles. The molecule has 1 saturated heterocycles. The lowest BCUT2D eigenvalue weighted by molar-refractivity contribution is 0.469. The molecule has 132 valence electrons. The Hall–Kier alpha value is -2.88. The van der Waals surface area contributed by atoms with E-state index in [1.54, 1.807) is 0 Å². The van der Waals surface area contributed by atoms with Crippen LogP contribution in [-0.4, -0.2) is 16.5 Å². The molecule has 0 aliphatic carbocycles. The van der Waals surface area contributed by atoms with Crippen LogP contribution in [-0.2, 0) is 6.54 Å². The van der Waals surface area contributed by atoms with Crippen molar-refractivity contribution in [3.8, 4) is 0 Å². The van der Waals surface area contributed by atoms with Crippen molar-refractivity contribution in [3.05, 3.63) is 84.1 Å². The van der Waals surface area contributed by atoms with E-state index in [4.69, 9.17) is 4.98 Å². The zero-order valence-electron chi connectivity index (χ0n) is 14.9. The summed E-state index contributed by atoms with van der Waals surface area (Å²) in [4.78, 5) is 11.6. The molecule has 2 heterocycles. The molecule has 4 heteroatoms. The van der Waals surface area contributed by atoms with Crippen molar-refractivity contribution in [2.75, 3.05) is 16.8 Å². The van der Waals surface area contributed by atoms with E-state index in [0.717, 1.165) is 18.9 Å². The lowest BCUT2D eigenvalue weighted by Gasteiger charge is -2.37. The Morgan fingerprint density at radius 3 is 2.50 bits per heavy atom. The van der Waals surface area contributed by atoms with Gasteiger partial charge in [0.15, 0.2) is 0 Å². The van der Waals surface area contributed by atoms with Crippen LogP contribution in [0.3, 0.4) is 0 Å². The predicted octanol–water partition coefficient (Wildman–Crippen LogP) is 4.82. The SMILES string of the molecule is c1ccc(CNc2nccc(N3CCCCC3c3ccccc3)n2)cc1. The van der Waals surface area contributed by atoms with Gasteiger partial charge in [0.2, 0.25) is 5.95 Å². The van der Waals surface area contributed by atoms with Gasteiger partial charge in [-0.2, -0.15) is 4.98 Å². The second-order valence-corrected chi connectivity index (χ2v) is 6.69. The zero-order chi connectivity index (χ0) is 17.6. The summed E-state index contributed by atoms with van der Waals surface area (Å²) in [6.45, 7) is 1.76. The number of benzene rings is 2. The van der Waals surface area contributed by atoms with Crippen molar-refractivity contribution in [3.63, 3.8) is 0 Å². The van der Waals surface area contributed by atoms with Crippen LogP contribution in [0.2, 0.25) is 0 Å². The number of nitrogens with one attached hydrogen (secondary N) is 1. The van der Waals surface area contributed by atoms with Gasteiger partial charge in [0.25, 0.3) is 0 Å². The van der Waals surface area contributed by atoms with Crippen molar-refractivity contribution in [2.24, 2.45) is 0 Å². The molecular formula is C22H24N4. The highest BCUT2D eigenvalue weighted by Gasteiger charge is 2.25. The van der Waals surface area contributed by atoms with Gasteiger partial charge in [0, 0.05) is 19.3 Å². The Morgan fingerprint density at radius 2 is 1.69 bits per heavy atom. The number of aromatic nitrogens is 2. The number of anilines is 2. The first-order valence-corrected chi connectivity index (χ1v) is 9.32. The lowest BCUT2D eigenvalue weighted by atomic mass is 9.95. The van der Waals surface area contributed by atoms with Crippen molar-refractivity contribution >= 4 is 11.8 Å². The maximum atomic E-state index is 4.79. The molecule has 1 fully saturated rings. The number of rotatable bonds is 5. The minimum Gasteiger partial charge on any atom is -0.350 e. The van der Waals surface area contributed by atoms with E-state index in [-0.39, 0.29) is 0 Å². The molecule has 4 nitrogen and oxygen atoms in total. The second kappa shape index (κ2) is 8.00. The summed E-state index contributed by atoms with van der Waals surface area (Å²) >= 11 is 0. The standard InChI is InChI=1S/C22H24N4/c1-3-9-18(10-4-1)17-24-22-23-15-14-21(25-22)26-16-8-7-13-20(26)19-11-5-2-6-12-19/h1-6,9-12,14-15,20H,7-8,13,16-17H2,(H,23,24,25). The average molecular weight is 344 g/mol. The summed E-state index contributed by atoms with van der Waals surface area (Å²) in [6.07, 6.45) is 5.49. The lowest BCUT2D eigenvalue weighted by Crippen LogP contribution is -2.34. The van der Waals surface area contributed by atoms with Gasteiger partial charge in [-0.05, 0) is 36.5 Å². The fourth-order valence-electron chi connectivity index (χ4n) is 3.60. The Balaban J connectivity index is 1.52. The number of hydrogen-bond acceptors (Lipinski definition) is 4. The molecule has 4 rings (SSSR count). The van der Waals surface area contributed by atoms with Gasteiger partial charge in [-0.1, -0.05) is 60.7 Å². The maximum Gasteiger partial charge on any atom is 0.224 e. The van der Waals surface area contributed by atoms with Gasteiger partial charge in [-0.15, -0.1) is 0 Å².